The van der Waals surface area contributed by atoms with E-state index in [1.807, 2.05) is 18.2 Å². The minimum absolute atomic E-state index is 0.164. The van der Waals surface area contributed by atoms with Crippen molar-refractivity contribution in [2.24, 2.45) is 5.73 Å². The summed E-state index contributed by atoms with van der Waals surface area (Å²) in [6.07, 6.45) is 4.94. The van der Waals surface area contributed by atoms with Crippen LogP contribution in [0.4, 0.5) is 5.69 Å². The zero-order valence-electron chi connectivity index (χ0n) is 11.6. The molecule has 1 saturated carbocycles. The summed E-state index contributed by atoms with van der Waals surface area (Å²) in [5.74, 6) is 0.841. The number of aliphatic hydroxyl groups excluding tert-OH is 1. The Morgan fingerprint density at radius 1 is 1.37 bits per heavy atom. The number of anilines is 1. The number of nitrogens with zero attached hydrogens (tertiary/aromatic N) is 1. The van der Waals surface area contributed by atoms with Crippen LogP contribution in [0, 0.1) is 0 Å². The highest BCUT2D eigenvalue weighted by Crippen LogP contribution is 2.32. The zero-order chi connectivity index (χ0) is 13.7. The minimum atomic E-state index is 0.164. The Bertz CT molecular complexity index is 403. The van der Waals surface area contributed by atoms with Gasteiger partial charge in [0.15, 0.2) is 0 Å². The van der Waals surface area contributed by atoms with Crippen LogP contribution in [0.2, 0.25) is 0 Å². The Balaban J connectivity index is 2.32. The fourth-order valence-electron chi connectivity index (χ4n) is 2.93. The molecule has 0 spiro atoms. The second-order valence-electron chi connectivity index (χ2n) is 5.05. The third-order valence-electron chi connectivity index (χ3n) is 3.93. The molecule has 2 rings (SSSR count). The second-order valence-corrected chi connectivity index (χ2v) is 5.05. The van der Waals surface area contributed by atoms with Gasteiger partial charge in [0, 0.05) is 30.9 Å². The maximum atomic E-state index is 9.34. The highest BCUT2D eigenvalue weighted by molar-refractivity contribution is 5.58. The van der Waals surface area contributed by atoms with Crippen LogP contribution in [-0.2, 0) is 6.54 Å². The summed E-state index contributed by atoms with van der Waals surface area (Å²) in [7, 11) is 1.67. The van der Waals surface area contributed by atoms with Gasteiger partial charge in [0.05, 0.1) is 13.7 Å². The lowest BCUT2D eigenvalue weighted by Crippen LogP contribution is -2.36. The monoisotopic (exact) mass is 264 g/mol. The average molecular weight is 264 g/mol. The lowest BCUT2D eigenvalue weighted by molar-refractivity contribution is 0.297. The molecule has 1 aliphatic rings. The van der Waals surface area contributed by atoms with Gasteiger partial charge in [0.25, 0.3) is 0 Å². The van der Waals surface area contributed by atoms with Gasteiger partial charge in [-0.25, -0.2) is 0 Å². The number of aliphatic hydroxyl groups is 1. The van der Waals surface area contributed by atoms with Gasteiger partial charge in [0.2, 0.25) is 0 Å². The molecule has 1 aromatic rings. The van der Waals surface area contributed by atoms with Gasteiger partial charge in [-0.2, -0.15) is 0 Å². The summed E-state index contributed by atoms with van der Waals surface area (Å²) in [5, 5.41) is 9.34. The van der Waals surface area contributed by atoms with Crippen LogP contribution in [0.5, 0.6) is 5.75 Å². The standard InChI is InChI=1S/C15H24N2O2/c1-19-14-7-6-12(11-16)15(10-14)17(8-9-18)13-4-2-3-5-13/h6-7,10,13,18H,2-5,8-9,11,16H2,1H3. The molecule has 0 unspecified atom stereocenters. The number of methoxy groups -OCH3 is 1. The largest absolute Gasteiger partial charge is 0.497 e. The fraction of sp³-hybridized carbons (Fsp3) is 0.600. The van der Waals surface area contributed by atoms with Gasteiger partial charge in [0.1, 0.15) is 5.75 Å². The van der Waals surface area contributed by atoms with Crippen LogP contribution in [0.25, 0.3) is 0 Å². The van der Waals surface area contributed by atoms with Gasteiger partial charge >= 0.3 is 0 Å². The molecule has 1 fully saturated rings. The van der Waals surface area contributed by atoms with E-state index in [9.17, 15) is 5.11 Å². The molecule has 0 radical (unpaired) electrons. The van der Waals surface area contributed by atoms with Crippen LogP contribution in [0.1, 0.15) is 31.2 Å². The van der Waals surface area contributed by atoms with Gasteiger partial charge in [-0.3, -0.25) is 0 Å². The van der Waals surface area contributed by atoms with E-state index >= 15 is 0 Å². The van der Waals surface area contributed by atoms with Crippen molar-refractivity contribution in [3.63, 3.8) is 0 Å². The Labute approximate surface area is 115 Å². The quantitative estimate of drug-likeness (QED) is 0.824. The number of rotatable bonds is 6. The Kier molecular flexibility index (Phi) is 5.05. The molecule has 106 valence electrons. The van der Waals surface area contributed by atoms with Crippen molar-refractivity contribution in [3.8, 4) is 5.75 Å². The molecule has 0 saturated heterocycles. The maximum absolute atomic E-state index is 9.34. The van der Waals surface area contributed by atoms with Crippen LogP contribution in [0.15, 0.2) is 18.2 Å². The van der Waals surface area contributed by atoms with Crippen molar-refractivity contribution < 1.29 is 9.84 Å². The smallest absolute Gasteiger partial charge is 0.120 e. The molecule has 0 aromatic heterocycles. The van der Waals surface area contributed by atoms with E-state index in [1.165, 1.54) is 25.7 Å². The molecule has 1 aromatic carbocycles. The first-order chi connectivity index (χ1) is 9.30. The summed E-state index contributed by atoms with van der Waals surface area (Å²) in [6, 6.07) is 6.52. The SMILES string of the molecule is COc1ccc(CN)c(N(CCO)C2CCCC2)c1. The van der Waals surface area contributed by atoms with Gasteiger partial charge in [-0.05, 0) is 24.5 Å². The summed E-state index contributed by atoms with van der Waals surface area (Å²) < 4.78 is 5.32. The van der Waals surface area contributed by atoms with Gasteiger partial charge < -0.3 is 20.5 Å². The first-order valence-corrected chi connectivity index (χ1v) is 7.04. The Hall–Kier alpha value is -1.26. The van der Waals surface area contributed by atoms with E-state index in [2.05, 4.69) is 4.90 Å². The van der Waals surface area contributed by atoms with E-state index in [-0.39, 0.29) is 6.61 Å². The highest BCUT2D eigenvalue weighted by Gasteiger charge is 2.24. The highest BCUT2D eigenvalue weighted by atomic mass is 16.5. The Morgan fingerprint density at radius 2 is 2.11 bits per heavy atom. The van der Waals surface area contributed by atoms with E-state index in [0.29, 0.717) is 19.1 Å². The molecular weight excluding hydrogens is 240 g/mol. The fourth-order valence-corrected chi connectivity index (χ4v) is 2.93. The van der Waals surface area contributed by atoms with E-state index in [1.54, 1.807) is 7.11 Å². The van der Waals surface area contributed by atoms with Crippen molar-refractivity contribution in [3.05, 3.63) is 23.8 Å². The second kappa shape index (κ2) is 6.78. The summed E-state index contributed by atoms with van der Waals surface area (Å²) in [6.45, 7) is 1.33. The van der Waals surface area contributed by atoms with Gasteiger partial charge in [-0.1, -0.05) is 18.9 Å². The number of hydrogen-bond donors (Lipinski definition) is 2. The van der Waals surface area contributed by atoms with Crippen LogP contribution in [-0.4, -0.2) is 31.4 Å². The van der Waals surface area contributed by atoms with Gasteiger partial charge in [-0.15, -0.1) is 0 Å². The average Bonchev–Trinajstić information content (AvgIpc) is 2.98. The van der Waals surface area contributed by atoms with Crippen molar-refractivity contribution in [1.29, 1.82) is 0 Å². The first kappa shape index (κ1) is 14.2. The molecular formula is C15H24N2O2. The number of benzene rings is 1. The third kappa shape index (κ3) is 3.19. The molecule has 19 heavy (non-hydrogen) atoms. The van der Waals surface area contributed by atoms with Crippen molar-refractivity contribution in [2.75, 3.05) is 25.2 Å². The molecule has 0 bridgehead atoms. The lowest BCUT2D eigenvalue weighted by Gasteiger charge is -2.32. The number of hydrogen-bond acceptors (Lipinski definition) is 4. The molecule has 4 nitrogen and oxygen atoms in total. The summed E-state index contributed by atoms with van der Waals surface area (Å²) in [4.78, 5) is 2.30. The van der Waals surface area contributed by atoms with E-state index in [4.69, 9.17) is 10.5 Å². The van der Waals surface area contributed by atoms with Crippen molar-refractivity contribution >= 4 is 5.69 Å². The molecule has 0 atom stereocenters. The van der Waals surface area contributed by atoms with Crippen LogP contribution in [0.3, 0.4) is 0 Å². The molecule has 0 heterocycles. The lowest BCUT2D eigenvalue weighted by atomic mass is 10.1. The Morgan fingerprint density at radius 3 is 2.68 bits per heavy atom. The molecule has 4 heteroatoms. The first-order valence-electron chi connectivity index (χ1n) is 7.04. The van der Waals surface area contributed by atoms with E-state index in [0.717, 1.165) is 17.0 Å². The normalized spacial score (nSPS) is 15.7. The predicted octanol–water partition coefficient (Wildman–Crippen LogP) is 1.90. The molecule has 1 aliphatic carbocycles. The van der Waals surface area contributed by atoms with Crippen LogP contribution >= 0.6 is 0 Å². The molecule has 0 aliphatic heterocycles. The van der Waals surface area contributed by atoms with E-state index < -0.39 is 0 Å². The molecule has 3 N–H and O–H groups in total. The topological polar surface area (TPSA) is 58.7 Å². The molecule has 0 amide bonds. The predicted molar refractivity (Wildman–Crippen MR) is 77.6 cm³/mol. The minimum Gasteiger partial charge on any atom is -0.497 e. The van der Waals surface area contributed by atoms with Crippen LogP contribution < -0.4 is 15.4 Å². The zero-order valence-corrected chi connectivity index (χ0v) is 11.6. The third-order valence-corrected chi connectivity index (χ3v) is 3.93. The number of ether oxygens (including phenoxy) is 1. The summed E-state index contributed by atoms with van der Waals surface area (Å²) in [5.41, 5.74) is 8.07. The number of nitrogens with two attached hydrogens (primary N) is 1. The summed E-state index contributed by atoms with van der Waals surface area (Å²) >= 11 is 0. The van der Waals surface area contributed by atoms with Crippen molar-refractivity contribution in [1.82, 2.24) is 0 Å². The maximum Gasteiger partial charge on any atom is 0.120 e. The van der Waals surface area contributed by atoms with Crippen molar-refractivity contribution in [2.45, 2.75) is 38.3 Å².